The van der Waals surface area contributed by atoms with Crippen LogP contribution in [0.25, 0.3) is 32.7 Å². The molecule has 124 valence electrons. The van der Waals surface area contributed by atoms with Gasteiger partial charge in [0.05, 0.1) is 0 Å². The van der Waals surface area contributed by atoms with Crippen molar-refractivity contribution < 1.29 is 0 Å². The van der Waals surface area contributed by atoms with Gasteiger partial charge in [0.2, 0.25) is 0 Å². The highest BCUT2D eigenvalue weighted by Crippen LogP contribution is 2.38. The maximum Gasteiger partial charge on any atom is -0.00268 e. The van der Waals surface area contributed by atoms with Gasteiger partial charge in [-0.05, 0) is 56.6 Å². The Morgan fingerprint density at radius 1 is 0.640 bits per heavy atom. The van der Waals surface area contributed by atoms with Crippen molar-refractivity contribution in [1.29, 1.82) is 0 Å². The standard InChI is InChI=1S/C25H24/c1-17-9-11-18(12-10-17)24-22-8-6-5-7-19(22)15-20-16-21(25(2,3)4)13-14-23(20)24/h5-16H,1-4H3. The average Bonchev–Trinajstić information content (AvgIpc) is 2.59. The van der Waals surface area contributed by atoms with Crippen LogP contribution < -0.4 is 0 Å². The predicted octanol–water partition coefficient (Wildman–Crippen LogP) is 7.27. The first-order valence-electron chi connectivity index (χ1n) is 8.96. The molecule has 0 saturated carbocycles. The first-order valence-corrected chi connectivity index (χ1v) is 8.96. The number of fused-ring (bicyclic) bond motifs is 2. The van der Waals surface area contributed by atoms with Gasteiger partial charge < -0.3 is 0 Å². The molecule has 0 fully saturated rings. The number of rotatable bonds is 1. The Kier molecular flexibility index (Phi) is 3.65. The first-order chi connectivity index (χ1) is 11.9. The summed E-state index contributed by atoms with van der Waals surface area (Å²) in [6.07, 6.45) is 0. The van der Waals surface area contributed by atoms with E-state index in [1.807, 2.05) is 0 Å². The quantitative estimate of drug-likeness (QED) is 0.323. The van der Waals surface area contributed by atoms with Gasteiger partial charge in [0.1, 0.15) is 0 Å². The van der Waals surface area contributed by atoms with E-state index in [0.29, 0.717) is 0 Å². The maximum atomic E-state index is 2.36. The molecule has 0 spiro atoms. The molecule has 0 heterocycles. The monoisotopic (exact) mass is 324 g/mol. The Hall–Kier alpha value is -2.60. The smallest absolute Gasteiger partial charge is 0.00268 e. The van der Waals surface area contributed by atoms with Crippen molar-refractivity contribution in [3.8, 4) is 11.1 Å². The Morgan fingerprint density at radius 2 is 1.32 bits per heavy atom. The second kappa shape index (κ2) is 5.74. The molecule has 4 aromatic carbocycles. The van der Waals surface area contributed by atoms with Gasteiger partial charge in [0.25, 0.3) is 0 Å². The third kappa shape index (κ3) is 2.82. The highest BCUT2D eigenvalue weighted by molar-refractivity contribution is 6.12. The number of hydrogen-bond acceptors (Lipinski definition) is 0. The van der Waals surface area contributed by atoms with E-state index in [4.69, 9.17) is 0 Å². The fourth-order valence-electron chi connectivity index (χ4n) is 3.57. The van der Waals surface area contributed by atoms with Crippen LogP contribution in [-0.4, -0.2) is 0 Å². The van der Waals surface area contributed by atoms with E-state index < -0.39 is 0 Å². The van der Waals surface area contributed by atoms with Gasteiger partial charge in [0, 0.05) is 0 Å². The SMILES string of the molecule is Cc1ccc(-c2c3ccccc3cc3cc(C(C)(C)C)ccc23)cc1. The molecule has 0 aliphatic rings. The lowest BCUT2D eigenvalue weighted by atomic mass is 9.84. The summed E-state index contributed by atoms with van der Waals surface area (Å²) in [4.78, 5) is 0. The molecule has 0 N–H and O–H groups in total. The van der Waals surface area contributed by atoms with Gasteiger partial charge in [-0.15, -0.1) is 0 Å². The van der Waals surface area contributed by atoms with Crippen molar-refractivity contribution in [2.24, 2.45) is 0 Å². The van der Waals surface area contributed by atoms with Crippen LogP contribution in [0.1, 0.15) is 31.9 Å². The van der Waals surface area contributed by atoms with Gasteiger partial charge in [-0.1, -0.05) is 93.1 Å². The summed E-state index contributed by atoms with van der Waals surface area (Å²) in [5, 5.41) is 5.27. The van der Waals surface area contributed by atoms with Crippen LogP contribution in [-0.2, 0) is 5.41 Å². The van der Waals surface area contributed by atoms with Crippen molar-refractivity contribution in [3.05, 3.63) is 83.9 Å². The molecule has 25 heavy (non-hydrogen) atoms. The Bertz CT molecular complexity index is 1060. The van der Waals surface area contributed by atoms with E-state index in [-0.39, 0.29) is 5.41 Å². The van der Waals surface area contributed by atoms with Gasteiger partial charge >= 0.3 is 0 Å². The van der Waals surface area contributed by atoms with Crippen LogP contribution >= 0.6 is 0 Å². The van der Waals surface area contributed by atoms with E-state index in [1.54, 1.807) is 0 Å². The first kappa shape index (κ1) is 15.9. The number of aryl methyl sites for hydroxylation is 1. The summed E-state index contributed by atoms with van der Waals surface area (Å²) in [5.41, 5.74) is 5.46. The molecule has 0 heteroatoms. The Balaban J connectivity index is 2.11. The highest BCUT2D eigenvalue weighted by Gasteiger charge is 2.16. The fraction of sp³-hybridized carbons (Fsp3) is 0.200. The highest BCUT2D eigenvalue weighted by atomic mass is 14.2. The largest absolute Gasteiger partial charge is 0.0616 e. The van der Waals surface area contributed by atoms with Crippen LogP contribution in [0.5, 0.6) is 0 Å². The Morgan fingerprint density at radius 3 is 2.04 bits per heavy atom. The maximum absolute atomic E-state index is 2.36. The summed E-state index contributed by atoms with van der Waals surface area (Å²) in [5.74, 6) is 0. The predicted molar refractivity (Wildman–Crippen MR) is 110 cm³/mol. The average molecular weight is 324 g/mol. The van der Waals surface area contributed by atoms with Crippen molar-refractivity contribution in [2.45, 2.75) is 33.1 Å². The minimum Gasteiger partial charge on any atom is -0.0616 e. The van der Waals surface area contributed by atoms with Crippen LogP contribution in [0.4, 0.5) is 0 Å². The molecule has 0 unspecified atom stereocenters. The summed E-state index contributed by atoms with van der Waals surface area (Å²) in [6, 6.07) is 26.9. The van der Waals surface area contributed by atoms with Gasteiger partial charge in [0.15, 0.2) is 0 Å². The zero-order valence-electron chi connectivity index (χ0n) is 15.4. The minimum absolute atomic E-state index is 0.157. The Labute approximate surface area is 150 Å². The second-order valence-corrected chi connectivity index (χ2v) is 8.02. The third-order valence-electron chi connectivity index (χ3n) is 5.07. The van der Waals surface area contributed by atoms with Crippen LogP contribution in [0.3, 0.4) is 0 Å². The van der Waals surface area contributed by atoms with Gasteiger partial charge in [-0.2, -0.15) is 0 Å². The lowest BCUT2D eigenvalue weighted by molar-refractivity contribution is 0.591. The van der Waals surface area contributed by atoms with Gasteiger partial charge in [-0.3, -0.25) is 0 Å². The lowest BCUT2D eigenvalue weighted by Crippen LogP contribution is -2.10. The molecule has 0 atom stereocenters. The molecule has 0 aromatic heterocycles. The van der Waals surface area contributed by atoms with Crippen molar-refractivity contribution >= 4 is 21.5 Å². The summed E-state index contributed by atoms with van der Waals surface area (Å²) in [6.45, 7) is 8.96. The summed E-state index contributed by atoms with van der Waals surface area (Å²) < 4.78 is 0. The third-order valence-corrected chi connectivity index (χ3v) is 5.07. The molecule has 0 amide bonds. The lowest BCUT2D eigenvalue weighted by Gasteiger charge is -2.21. The molecule has 0 aliphatic carbocycles. The van der Waals surface area contributed by atoms with Gasteiger partial charge in [-0.25, -0.2) is 0 Å². The normalized spacial score (nSPS) is 12.0. The summed E-state index contributed by atoms with van der Waals surface area (Å²) >= 11 is 0. The van der Waals surface area contributed by atoms with E-state index in [9.17, 15) is 0 Å². The topological polar surface area (TPSA) is 0 Å². The van der Waals surface area contributed by atoms with Crippen molar-refractivity contribution in [3.63, 3.8) is 0 Å². The molecule has 0 radical (unpaired) electrons. The van der Waals surface area contributed by atoms with E-state index >= 15 is 0 Å². The zero-order chi connectivity index (χ0) is 17.6. The molecule has 4 aromatic rings. The zero-order valence-corrected chi connectivity index (χ0v) is 15.4. The molecule has 0 nitrogen and oxygen atoms in total. The van der Waals surface area contributed by atoms with Crippen LogP contribution in [0, 0.1) is 6.92 Å². The molecule has 0 bridgehead atoms. The number of benzene rings is 4. The van der Waals surface area contributed by atoms with Crippen LogP contribution in [0.2, 0.25) is 0 Å². The fourth-order valence-corrected chi connectivity index (χ4v) is 3.57. The molecule has 0 aliphatic heterocycles. The minimum atomic E-state index is 0.157. The summed E-state index contributed by atoms with van der Waals surface area (Å²) in [7, 11) is 0. The molecular formula is C25H24. The van der Waals surface area contributed by atoms with E-state index in [2.05, 4.69) is 100 Å². The van der Waals surface area contributed by atoms with Crippen molar-refractivity contribution in [1.82, 2.24) is 0 Å². The van der Waals surface area contributed by atoms with E-state index in [1.165, 1.54) is 43.8 Å². The second-order valence-electron chi connectivity index (χ2n) is 8.02. The molecule has 0 saturated heterocycles. The molecule has 4 rings (SSSR count). The van der Waals surface area contributed by atoms with E-state index in [0.717, 1.165) is 0 Å². The van der Waals surface area contributed by atoms with Crippen molar-refractivity contribution in [2.75, 3.05) is 0 Å². The number of hydrogen-bond donors (Lipinski definition) is 0. The molecular weight excluding hydrogens is 300 g/mol. The van der Waals surface area contributed by atoms with Crippen LogP contribution in [0.15, 0.2) is 72.8 Å².